The van der Waals surface area contributed by atoms with Gasteiger partial charge < -0.3 is 20.7 Å². The highest BCUT2D eigenvalue weighted by atomic mass is 16.5. The smallest absolute Gasteiger partial charge is 0.225 e. The summed E-state index contributed by atoms with van der Waals surface area (Å²) in [5.74, 6) is 2.43. The van der Waals surface area contributed by atoms with E-state index in [0.717, 1.165) is 36.3 Å². The highest BCUT2D eigenvalue weighted by Crippen LogP contribution is 2.30. The molecule has 1 aromatic rings. The molecule has 1 amide bonds. The van der Waals surface area contributed by atoms with Crippen LogP contribution in [0.25, 0.3) is 0 Å². The summed E-state index contributed by atoms with van der Waals surface area (Å²) in [5.41, 5.74) is 0.708. The van der Waals surface area contributed by atoms with Crippen LogP contribution in [0, 0.1) is 11.3 Å². The molecule has 0 saturated heterocycles. The average Bonchev–Trinajstić information content (AvgIpc) is 3.45. The Bertz CT molecular complexity index is 633. The molecule has 1 aromatic carbocycles. The van der Waals surface area contributed by atoms with Crippen molar-refractivity contribution in [3.8, 4) is 5.75 Å². The first kappa shape index (κ1) is 21.1. The minimum Gasteiger partial charge on any atom is -0.493 e. The lowest BCUT2D eigenvalue weighted by molar-refractivity contribution is -0.128. The summed E-state index contributed by atoms with van der Waals surface area (Å²) < 4.78 is 5.95. The Hall–Kier alpha value is -2.24. The van der Waals surface area contributed by atoms with Gasteiger partial charge in [0.2, 0.25) is 5.91 Å². The van der Waals surface area contributed by atoms with Gasteiger partial charge in [-0.1, -0.05) is 39.0 Å². The van der Waals surface area contributed by atoms with Crippen LogP contribution >= 0.6 is 0 Å². The third-order valence-electron chi connectivity index (χ3n) is 4.28. The summed E-state index contributed by atoms with van der Waals surface area (Å²) in [7, 11) is 0. The van der Waals surface area contributed by atoms with Gasteiger partial charge in [0, 0.05) is 30.6 Å². The molecule has 1 aliphatic rings. The second kappa shape index (κ2) is 10.2. The van der Waals surface area contributed by atoms with Crippen LogP contribution < -0.4 is 20.7 Å². The van der Waals surface area contributed by atoms with Crippen LogP contribution in [0.5, 0.6) is 5.75 Å². The third-order valence-corrected chi connectivity index (χ3v) is 4.28. The maximum atomic E-state index is 11.9. The minimum atomic E-state index is -0.372. The zero-order valence-electron chi connectivity index (χ0n) is 17.1. The first-order valence-corrected chi connectivity index (χ1v) is 9.91. The Morgan fingerprint density at radius 3 is 2.52 bits per heavy atom. The van der Waals surface area contributed by atoms with Crippen molar-refractivity contribution in [1.29, 1.82) is 0 Å². The van der Waals surface area contributed by atoms with Crippen LogP contribution in [0.15, 0.2) is 29.3 Å². The van der Waals surface area contributed by atoms with Crippen molar-refractivity contribution in [3.63, 3.8) is 0 Å². The number of hydrogen-bond acceptors (Lipinski definition) is 3. The van der Waals surface area contributed by atoms with E-state index in [0.29, 0.717) is 19.6 Å². The van der Waals surface area contributed by atoms with Gasteiger partial charge in [-0.2, -0.15) is 0 Å². The van der Waals surface area contributed by atoms with Gasteiger partial charge in [-0.05, 0) is 31.7 Å². The normalized spacial score (nSPS) is 14.6. The molecule has 3 N–H and O–H groups in total. The zero-order valence-corrected chi connectivity index (χ0v) is 17.1. The van der Waals surface area contributed by atoms with Crippen LogP contribution in [-0.4, -0.2) is 38.1 Å². The number of nitrogens with zero attached hydrogens (tertiary/aromatic N) is 1. The number of amides is 1. The molecule has 0 atom stereocenters. The van der Waals surface area contributed by atoms with E-state index in [1.54, 1.807) is 0 Å². The first-order chi connectivity index (χ1) is 12.9. The molecule has 1 fully saturated rings. The number of carbonyl (C=O) groups is 1. The number of para-hydroxylation sites is 1. The molecule has 6 heteroatoms. The molecule has 6 nitrogen and oxygen atoms in total. The number of benzene rings is 1. The van der Waals surface area contributed by atoms with E-state index in [1.165, 1.54) is 12.8 Å². The van der Waals surface area contributed by atoms with Gasteiger partial charge in [0.1, 0.15) is 5.75 Å². The second-order valence-electron chi connectivity index (χ2n) is 7.99. The van der Waals surface area contributed by atoms with Crippen LogP contribution in [-0.2, 0) is 11.3 Å². The number of ether oxygens (including phenoxy) is 1. The Morgan fingerprint density at radius 1 is 1.15 bits per heavy atom. The quantitative estimate of drug-likeness (QED) is 0.353. The molecule has 0 unspecified atom stereocenters. The van der Waals surface area contributed by atoms with Gasteiger partial charge in [0.25, 0.3) is 0 Å². The molecule has 0 radical (unpaired) electrons. The SMILES string of the molecule is CCNC(=NCc1ccccc1OCC1CC1)NCCNC(=O)C(C)(C)C. The maximum Gasteiger partial charge on any atom is 0.225 e. The second-order valence-corrected chi connectivity index (χ2v) is 7.99. The van der Waals surface area contributed by atoms with E-state index in [9.17, 15) is 4.79 Å². The number of rotatable bonds is 9. The van der Waals surface area contributed by atoms with Crippen LogP contribution in [0.3, 0.4) is 0 Å². The summed E-state index contributed by atoms with van der Waals surface area (Å²) in [5, 5.41) is 9.43. The van der Waals surface area contributed by atoms with Crippen molar-refractivity contribution < 1.29 is 9.53 Å². The molecule has 27 heavy (non-hydrogen) atoms. The Labute approximate surface area is 163 Å². The van der Waals surface area contributed by atoms with Gasteiger partial charge >= 0.3 is 0 Å². The number of aliphatic imine (C=N–C) groups is 1. The standard InChI is InChI=1S/C21H34N4O2/c1-5-22-20(24-13-12-23-19(26)21(2,3)4)25-14-17-8-6-7-9-18(17)27-15-16-10-11-16/h6-9,16H,5,10-15H2,1-4H3,(H,23,26)(H2,22,24,25). The lowest BCUT2D eigenvalue weighted by atomic mass is 9.96. The number of hydrogen-bond donors (Lipinski definition) is 3. The Kier molecular flexibility index (Phi) is 7.95. The van der Waals surface area contributed by atoms with Crippen molar-refractivity contribution in [1.82, 2.24) is 16.0 Å². The van der Waals surface area contributed by atoms with Crippen molar-refractivity contribution in [2.75, 3.05) is 26.2 Å². The molecule has 0 spiro atoms. The molecule has 0 bridgehead atoms. The monoisotopic (exact) mass is 374 g/mol. The fourth-order valence-electron chi connectivity index (χ4n) is 2.40. The molecule has 1 aliphatic carbocycles. The number of nitrogens with one attached hydrogen (secondary N) is 3. The molecule has 1 saturated carbocycles. The van der Waals surface area contributed by atoms with E-state index >= 15 is 0 Å². The fourth-order valence-corrected chi connectivity index (χ4v) is 2.40. The van der Waals surface area contributed by atoms with Gasteiger partial charge in [0.15, 0.2) is 5.96 Å². The molecular formula is C21H34N4O2. The van der Waals surface area contributed by atoms with E-state index < -0.39 is 0 Å². The van der Waals surface area contributed by atoms with Crippen molar-refractivity contribution >= 4 is 11.9 Å². The number of carbonyl (C=O) groups excluding carboxylic acids is 1. The van der Waals surface area contributed by atoms with E-state index in [-0.39, 0.29) is 11.3 Å². The highest BCUT2D eigenvalue weighted by molar-refractivity contribution is 5.81. The third kappa shape index (κ3) is 7.89. The van der Waals surface area contributed by atoms with Crippen LogP contribution in [0.4, 0.5) is 0 Å². The minimum absolute atomic E-state index is 0.0491. The van der Waals surface area contributed by atoms with Crippen molar-refractivity contribution in [2.24, 2.45) is 16.3 Å². The molecule has 150 valence electrons. The lowest BCUT2D eigenvalue weighted by Gasteiger charge is -2.18. The average molecular weight is 375 g/mol. The van der Waals surface area contributed by atoms with Crippen molar-refractivity contribution in [2.45, 2.75) is 47.1 Å². The molecule has 0 heterocycles. The summed E-state index contributed by atoms with van der Waals surface area (Å²) in [6.45, 7) is 11.1. The topological polar surface area (TPSA) is 74.8 Å². The van der Waals surface area contributed by atoms with E-state index in [2.05, 4.69) is 27.0 Å². The molecule has 0 aliphatic heterocycles. The predicted octanol–water partition coefficient (Wildman–Crippen LogP) is 2.69. The summed E-state index contributed by atoms with van der Waals surface area (Å²) in [6.07, 6.45) is 2.56. The van der Waals surface area contributed by atoms with E-state index in [4.69, 9.17) is 4.74 Å². The van der Waals surface area contributed by atoms with Gasteiger partial charge in [-0.25, -0.2) is 4.99 Å². The Balaban J connectivity index is 1.84. The van der Waals surface area contributed by atoms with Crippen LogP contribution in [0.1, 0.15) is 46.1 Å². The van der Waals surface area contributed by atoms with Crippen LogP contribution in [0.2, 0.25) is 0 Å². The molecule has 0 aromatic heterocycles. The largest absolute Gasteiger partial charge is 0.493 e. The maximum absolute atomic E-state index is 11.9. The zero-order chi connectivity index (χ0) is 19.7. The Morgan fingerprint density at radius 2 is 1.85 bits per heavy atom. The molecule has 2 rings (SSSR count). The fraction of sp³-hybridized carbons (Fsp3) is 0.619. The summed E-state index contributed by atoms with van der Waals surface area (Å²) >= 11 is 0. The van der Waals surface area contributed by atoms with E-state index in [1.807, 2.05) is 45.9 Å². The summed E-state index contributed by atoms with van der Waals surface area (Å²) in [4.78, 5) is 16.6. The molecular weight excluding hydrogens is 340 g/mol. The first-order valence-electron chi connectivity index (χ1n) is 9.91. The predicted molar refractivity (Wildman–Crippen MR) is 110 cm³/mol. The number of guanidine groups is 1. The van der Waals surface area contributed by atoms with Gasteiger partial charge in [-0.3, -0.25) is 4.79 Å². The summed E-state index contributed by atoms with van der Waals surface area (Å²) in [6, 6.07) is 8.07. The van der Waals surface area contributed by atoms with Gasteiger partial charge in [0.05, 0.1) is 13.2 Å². The van der Waals surface area contributed by atoms with Gasteiger partial charge in [-0.15, -0.1) is 0 Å². The highest BCUT2D eigenvalue weighted by Gasteiger charge is 2.22. The van der Waals surface area contributed by atoms with Crippen molar-refractivity contribution in [3.05, 3.63) is 29.8 Å². The lowest BCUT2D eigenvalue weighted by Crippen LogP contribution is -2.43.